The van der Waals surface area contributed by atoms with Crippen molar-refractivity contribution in [3.63, 3.8) is 0 Å². The van der Waals surface area contributed by atoms with E-state index in [1.54, 1.807) is 6.92 Å². The van der Waals surface area contributed by atoms with Crippen LogP contribution in [0.5, 0.6) is 0 Å². The molecule has 1 aliphatic heterocycles. The second-order valence-corrected chi connectivity index (χ2v) is 2.18. The van der Waals surface area contributed by atoms with Gasteiger partial charge in [-0.3, -0.25) is 0 Å². The first-order valence-electron chi connectivity index (χ1n) is 3.60. The maximum Gasteiger partial charge on any atom is 0.273 e. The smallest absolute Gasteiger partial charge is 0.273 e. The van der Waals surface area contributed by atoms with E-state index < -0.39 is 12.5 Å². The third-order valence-electron chi connectivity index (χ3n) is 1.17. The Balaban J connectivity index is 0.000000371. The monoisotopic (exact) mass is 152 g/mol. The molecule has 3 heteroatoms. The second kappa shape index (κ2) is 3.86. The summed E-state index contributed by atoms with van der Waals surface area (Å²) in [7, 11) is 0. The van der Waals surface area contributed by atoms with E-state index in [1.165, 1.54) is 0 Å². The van der Waals surface area contributed by atoms with Gasteiger partial charge < -0.3 is 4.74 Å². The highest BCUT2D eigenvalue weighted by molar-refractivity contribution is 4.75. The maximum absolute atomic E-state index is 12.1. The highest BCUT2D eigenvalue weighted by Gasteiger charge is 2.38. The molecule has 1 heterocycles. The van der Waals surface area contributed by atoms with Crippen LogP contribution in [0.3, 0.4) is 0 Å². The van der Waals surface area contributed by atoms with Crippen LogP contribution in [0, 0.1) is 0 Å². The molecule has 0 amide bonds. The molecular weight excluding hydrogens is 138 g/mol. The fourth-order valence-corrected chi connectivity index (χ4v) is 0.803. The van der Waals surface area contributed by atoms with Crippen molar-refractivity contribution in [3.8, 4) is 0 Å². The number of alkyl halides is 2. The highest BCUT2D eigenvalue weighted by Crippen LogP contribution is 2.28. The van der Waals surface area contributed by atoms with Gasteiger partial charge in [0.25, 0.3) is 5.92 Å². The molecule has 0 radical (unpaired) electrons. The summed E-state index contributed by atoms with van der Waals surface area (Å²) in [6.07, 6.45) is -0.377. The molecule has 1 aliphatic rings. The van der Waals surface area contributed by atoms with E-state index >= 15 is 0 Å². The highest BCUT2D eigenvalue weighted by atomic mass is 19.3. The van der Waals surface area contributed by atoms with E-state index in [0.717, 1.165) is 0 Å². The molecule has 1 atom stereocenters. The lowest BCUT2D eigenvalue weighted by Gasteiger charge is -2.01. The normalized spacial score (nSPS) is 29.1. The van der Waals surface area contributed by atoms with Crippen molar-refractivity contribution >= 4 is 0 Å². The van der Waals surface area contributed by atoms with Crippen molar-refractivity contribution in [2.75, 3.05) is 6.61 Å². The lowest BCUT2D eigenvalue weighted by atomic mass is 10.2. The summed E-state index contributed by atoms with van der Waals surface area (Å²) in [4.78, 5) is 0. The van der Waals surface area contributed by atoms with E-state index in [-0.39, 0.29) is 12.5 Å². The predicted molar refractivity (Wildman–Crippen MR) is 36.3 cm³/mol. The number of halogens is 2. The van der Waals surface area contributed by atoms with Crippen LogP contribution in [0.4, 0.5) is 8.78 Å². The average molecular weight is 152 g/mol. The Hall–Kier alpha value is -0.180. The van der Waals surface area contributed by atoms with E-state index in [1.807, 2.05) is 13.8 Å². The maximum atomic E-state index is 12.1. The summed E-state index contributed by atoms with van der Waals surface area (Å²) in [6, 6.07) is 0. The van der Waals surface area contributed by atoms with Gasteiger partial charge in [0.2, 0.25) is 0 Å². The Bertz CT molecular complexity index is 93.6. The van der Waals surface area contributed by atoms with Gasteiger partial charge in [0, 0.05) is 6.42 Å². The van der Waals surface area contributed by atoms with E-state index in [4.69, 9.17) is 0 Å². The topological polar surface area (TPSA) is 9.23 Å². The summed E-state index contributed by atoms with van der Waals surface area (Å²) in [5, 5.41) is 0. The van der Waals surface area contributed by atoms with Crippen LogP contribution in [0.2, 0.25) is 0 Å². The van der Waals surface area contributed by atoms with Crippen LogP contribution in [0.1, 0.15) is 27.2 Å². The van der Waals surface area contributed by atoms with Gasteiger partial charge in [-0.25, -0.2) is 8.78 Å². The molecule has 0 aromatic rings. The van der Waals surface area contributed by atoms with Gasteiger partial charge in [0.1, 0.15) is 6.61 Å². The molecule has 62 valence electrons. The lowest BCUT2D eigenvalue weighted by molar-refractivity contribution is -0.00948. The third kappa shape index (κ3) is 3.11. The molecule has 0 spiro atoms. The molecule has 0 N–H and O–H groups in total. The summed E-state index contributed by atoms with van der Waals surface area (Å²) in [5.74, 6) is -2.56. The minimum Gasteiger partial charge on any atom is -0.372 e. The summed E-state index contributed by atoms with van der Waals surface area (Å²) >= 11 is 0. The van der Waals surface area contributed by atoms with Crippen LogP contribution in [0.25, 0.3) is 0 Å². The van der Waals surface area contributed by atoms with Crippen molar-refractivity contribution in [1.29, 1.82) is 0 Å². The Labute approximate surface area is 60.4 Å². The standard InChI is InChI=1S/C5H8F2O.C2H6/c1-4-2-5(6,7)3-8-4;1-2/h4H,2-3H2,1H3;1-2H3. The molecule has 0 aliphatic carbocycles. The lowest BCUT2D eigenvalue weighted by Crippen LogP contribution is -2.14. The molecule has 0 bridgehead atoms. The Morgan fingerprint density at radius 3 is 2.00 bits per heavy atom. The van der Waals surface area contributed by atoms with Crippen molar-refractivity contribution in [3.05, 3.63) is 0 Å². The van der Waals surface area contributed by atoms with Gasteiger partial charge in [-0.15, -0.1) is 0 Å². The van der Waals surface area contributed by atoms with Gasteiger partial charge in [0.05, 0.1) is 6.10 Å². The second-order valence-electron chi connectivity index (χ2n) is 2.18. The molecule has 1 fully saturated rings. The largest absolute Gasteiger partial charge is 0.372 e. The number of rotatable bonds is 0. The third-order valence-corrected chi connectivity index (χ3v) is 1.17. The van der Waals surface area contributed by atoms with Crippen molar-refractivity contribution in [2.24, 2.45) is 0 Å². The summed E-state index contributed by atoms with van der Waals surface area (Å²) in [6.45, 7) is 5.26. The van der Waals surface area contributed by atoms with E-state index in [2.05, 4.69) is 4.74 Å². The van der Waals surface area contributed by atoms with Crippen LogP contribution < -0.4 is 0 Å². The molecule has 1 nitrogen and oxygen atoms in total. The first-order chi connectivity index (χ1) is 4.60. The van der Waals surface area contributed by atoms with Crippen LogP contribution >= 0.6 is 0 Å². The zero-order chi connectivity index (χ0) is 8.20. The first-order valence-corrected chi connectivity index (χ1v) is 3.60. The molecule has 1 rings (SSSR count). The SMILES string of the molecule is CC.CC1CC(F)(F)CO1. The van der Waals surface area contributed by atoms with Crippen LogP contribution in [-0.4, -0.2) is 18.6 Å². The van der Waals surface area contributed by atoms with Gasteiger partial charge in [-0.1, -0.05) is 13.8 Å². The zero-order valence-corrected chi connectivity index (χ0v) is 6.66. The Kier molecular flexibility index (Phi) is 3.79. The molecule has 0 aromatic carbocycles. The predicted octanol–water partition coefficient (Wildman–Crippen LogP) is 2.46. The van der Waals surface area contributed by atoms with Gasteiger partial charge >= 0.3 is 0 Å². The fraction of sp³-hybridized carbons (Fsp3) is 1.00. The average Bonchev–Trinajstić information content (AvgIpc) is 2.15. The van der Waals surface area contributed by atoms with Gasteiger partial charge in [0.15, 0.2) is 0 Å². The van der Waals surface area contributed by atoms with Crippen LogP contribution in [0.15, 0.2) is 0 Å². The number of hydrogen-bond donors (Lipinski definition) is 0. The number of hydrogen-bond acceptors (Lipinski definition) is 1. The molecule has 1 saturated heterocycles. The molecule has 1 unspecified atom stereocenters. The fourth-order valence-electron chi connectivity index (χ4n) is 0.803. The van der Waals surface area contributed by atoms with Crippen molar-refractivity contribution in [1.82, 2.24) is 0 Å². The van der Waals surface area contributed by atoms with Gasteiger partial charge in [-0.05, 0) is 6.92 Å². The first kappa shape index (κ1) is 9.82. The molecule has 0 aromatic heterocycles. The van der Waals surface area contributed by atoms with Crippen molar-refractivity contribution < 1.29 is 13.5 Å². The minimum absolute atomic E-state index is 0.118. The zero-order valence-electron chi connectivity index (χ0n) is 6.66. The molecule has 0 saturated carbocycles. The summed E-state index contributed by atoms with van der Waals surface area (Å²) in [5.41, 5.74) is 0. The van der Waals surface area contributed by atoms with Crippen molar-refractivity contribution in [2.45, 2.75) is 39.2 Å². The van der Waals surface area contributed by atoms with E-state index in [0.29, 0.717) is 0 Å². The quantitative estimate of drug-likeness (QED) is 0.518. The molecule has 10 heavy (non-hydrogen) atoms. The van der Waals surface area contributed by atoms with E-state index in [9.17, 15) is 8.78 Å². The Morgan fingerprint density at radius 2 is 1.90 bits per heavy atom. The Morgan fingerprint density at radius 1 is 1.40 bits per heavy atom. The van der Waals surface area contributed by atoms with Crippen LogP contribution in [-0.2, 0) is 4.74 Å². The minimum atomic E-state index is -2.56. The number of ether oxygens (including phenoxy) is 1. The summed E-state index contributed by atoms with van der Waals surface area (Å²) < 4.78 is 28.8. The van der Waals surface area contributed by atoms with Gasteiger partial charge in [-0.2, -0.15) is 0 Å². The molecular formula is C7H14F2O.